The van der Waals surface area contributed by atoms with Gasteiger partial charge >= 0.3 is 0 Å². The van der Waals surface area contributed by atoms with Crippen LogP contribution >= 0.6 is 23.5 Å². The van der Waals surface area contributed by atoms with Gasteiger partial charge in [0.05, 0.1) is 10.7 Å². The lowest BCUT2D eigenvalue weighted by Gasteiger charge is -2.35. The molecule has 2 fully saturated rings. The van der Waals surface area contributed by atoms with Crippen LogP contribution in [0, 0.1) is 5.92 Å². The van der Waals surface area contributed by atoms with Crippen LogP contribution < -0.4 is 0 Å². The molecule has 0 aromatic carbocycles. The van der Waals surface area contributed by atoms with Crippen LogP contribution in [0.5, 0.6) is 0 Å². The van der Waals surface area contributed by atoms with Gasteiger partial charge < -0.3 is 5.11 Å². The van der Waals surface area contributed by atoms with E-state index in [1.54, 1.807) is 0 Å². The van der Waals surface area contributed by atoms with Gasteiger partial charge in [-0.1, -0.05) is 12.8 Å². The second-order valence-electron chi connectivity index (χ2n) is 3.98. The molecular formula is C10H18OS2. The SMILES string of the molecule is OC1CCCCC1C1SCCCS1. The molecule has 13 heavy (non-hydrogen) atoms. The van der Waals surface area contributed by atoms with Crippen LogP contribution in [-0.2, 0) is 0 Å². The number of rotatable bonds is 1. The molecule has 0 spiro atoms. The van der Waals surface area contributed by atoms with Gasteiger partial charge in [0.15, 0.2) is 0 Å². The van der Waals surface area contributed by atoms with Gasteiger partial charge in [0.25, 0.3) is 0 Å². The van der Waals surface area contributed by atoms with Gasteiger partial charge in [-0.25, -0.2) is 0 Å². The zero-order valence-electron chi connectivity index (χ0n) is 7.95. The van der Waals surface area contributed by atoms with Crippen molar-refractivity contribution in [3.63, 3.8) is 0 Å². The topological polar surface area (TPSA) is 20.2 Å². The van der Waals surface area contributed by atoms with E-state index in [1.807, 2.05) is 0 Å². The summed E-state index contributed by atoms with van der Waals surface area (Å²) in [6, 6.07) is 0. The Labute approximate surface area is 89.1 Å². The van der Waals surface area contributed by atoms with E-state index in [9.17, 15) is 5.11 Å². The molecule has 2 atom stereocenters. The summed E-state index contributed by atoms with van der Waals surface area (Å²) in [5.41, 5.74) is 0. The first-order valence-electron chi connectivity index (χ1n) is 5.29. The number of hydrogen-bond donors (Lipinski definition) is 1. The average Bonchev–Trinajstić information content (AvgIpc) is 2.20. The number of aliphatic hydroxyl groups is 1. The summed E-state index contributed by atoms with van der Waals surface area (Å²) in [6.45, 7) is 0. The molecule has 1 saturated carbocycles. The van der Waals surface area contributed by atoms with Gasteiger partial charge in [0.2, 0.25) is 0 Å². The standard InChI is InChI=1S/C10H18OS2/c11-9-5-2-1-4-8(9)10-12-6-3-7-13-10/h8-11H,1-7H2. The smallest absolute Gasteiger partial charge is 0.0587 e. The minimum atomic E-state index is -0.00292. The molecule has 3 heteroatoms. The highest BCUT2D eigenvalue weighted by molar-refractivity contribution is 8.17. The molecule has 1 heterocycles. The Morgan fingerprint density at radius 2 is 1.62 bits per heavy atom. The first-order valence-corrected chi connectivity index (χ1v) is 7.39. The zero-order valence-corrected chi connectivity index (χ0v) is 9.58. The Bertz CT molecular complexity index is 157. The molecule has 0 bridgehead atoms. The molecule has 1 aliphatic heterocycles. The predicted molar refractivity (Wildman–Crippen MR) is 61.3 cm³/mol. The summed E-state index contributed by atoms with van der Waals surface area (Å²) in [6.07, 6.45) is 6.22. The molecule has 0 aromatic heterocycles. The van der Waals surface area contributed by atoms with Crippen molar-refractivity contribution in [1.82, 2.24) is 0 Å². The molecule has 2 aliphatic rings. The molecule has 1 N–H and O–H groups in total. The Kier molecular flexibility index (Phi) is 3.87. The van der Waals surface area contributed by atoms with E-state index in [0.29, 0.717) is 10.5 Å². The summed E-state index contributed by atoms with van der Waals surface area (Å²) in [4.78, 5) is 0. The molecule has 0 radical (unpaired) electrons. The molecule has 1 aliphatic carbocycles. The van der Waals surface area contributed by atoms with Crippen LogP contribution in [-0.4, -0.2) is 27.3 Å². The third-order valence-corrected chi connectivity index (χ3v) is 6.21. The van der Waals surface area contributed by atoms with Gasteiger partial charge in [0.1, 0.15) is 0 Å². The highest BCUT2D eigenvalue weighted by Gasteiger charge is 2.32. The van der Waals surface area contributed by atoms with Crippen LogP contribution in [0.4, 0.5) is 0 Å². The molecule has 2 unspecified atom stereocenters. The van der Waals surface area contributed by atoms with Crippen molar-refractivity contribution in [3.8, 4) is 0 Å². The van der Waals surface area contributed by atoms with E-state index in [-0.39, 0.29) is 6.10 Å². The highest BCUT2D eigenvalue weighted by Crippen LogP contribution is 2.41. The Morgan fingerprint density at radius 1 is 0.923 bits per heavy atom. The van der Waals surface area contributed by atoms with Crippen LogP contribution in [0.3, 0.4) is 0 Å². The maximum Gasteiger partial charge on any atom is 0.0587 e. The summed E-state index contributed by atoms with van der Waals surface area (Å²) in [5.74, 6) is 3.20. The molecule has 0 aromatic rings. The fourth-order valence-corrected chi connectivity index (χ4v) is 5.57. The lowest BCUT2D eigenvalue weighted by molar-refractivity contribution is 0.0780. The molecule has 76 valence electrons. The van der Waals surface area contributed by atoms with Gasteiger partial charge in [-0.05, 0) is 30.8 Å². The van der Waals surface area contributed by atoms with Crippen molar-refractivity contribution in [3.05, 3.63) is 0 Å². The van der Waals surface area contributed by atoms with Crippen molar-refractivity contribution in [2.24, 2.45) is 5.92 Å². The fraction of sp³-hybridized carbons (Fsp3) is 1.00. The Balaban J connectivity index is 1.88. The first kappa shape index (κ1) is 10.2. The third-order valence-electron chi connectivity index (χ3n) is 2.98. The van der Waals surface area contributed by atoms with Gasteiger partial charge in [-0.2, -0.15) is 0 Å². The van der Waals surface area contributed by atoms with E-state index < -0.39 is 0 Å². The summed E-state index contributed by atoms with van der Waals surface area (Å²) < 4.78 is 0.698. The van der Waals surface area contributed by atoms with Crippen LogP contribution in [0.25, 0.3) is 0 Å². The molecule has 1 nitrogen and oxygen atoms in total. The number of thioether (sulfide) groups is 2. The largest absolute Gasteiger partial charge is 0.393 e. The van der Waals surface area contributed by atoms with Gasteiger partial charge in [0, 0.05) is 5.92 Å². The lowest BCUT2D eigenvalue weighted by atomic mass is 9.88. The average molecular weight is 218 g/mol. The molecular weight excluding hydrogens is 200 g/mol. The maximum atomic E-state index is 9.89. The number of aliphatic hydroxyl groups excluding tert-OH is 1. The van der Waals surface area contributed by atoms with E-state index in [4.69, 9.17) is 0 Å². The van der Waals surface area contributed by atoms with Crippen LogP contribution in [0.15, 0.2) is 0 Å². The van der Waals surface area contributed by atoms with Crippen LogP contribution in [0.1, 0.15) is 32.1 Å². The second-order valence-corrected chi connectivity index (χ2v) is 6.78. The summed E-state index contributed by atoms with van der Waals surface area (Å²) in [7, 11) is 0. The van der Waals surface area contributed by atoms with E-state index in [0.717, 1.165) is 6.42 Å². The van der Waals surface area contributed by atoms with Crippen molar-refractivity contribution < 1.29 is 5.11 Å². The highest BCUT2D eigenvalue weighted by atomic mass is 32.2. The minimum Gasteiger partial charge on any atom is -0.393 e. The second kappa shape index (κ2) is 4.94. The fourth-order valence-electron chi connectivity index (χ4n) is 2.21. The lowest BCUT2D eigenvalue weighted by Crippen LogP contribution is -2.32. The van der Waals surface area contributed by atoms with Crippen molar-refractivity contribution in [2.45, 2.75) is 42.8 Å². The van der Waals surface area contributed by atoms with Crippen molar-refractivity contribution in [2.75, 3.05) is 11.5 Å². The van der Waals surface area contributed by atoms with E-state index in [2.05, 4.69) is 23.5 Å². The maximum absolute atomic E-state index is 9.89. The van der Waals surface area contributed by atoms with Gasteiger partial charge in [-0.15, -0.1) is 23.5 Å². The van der Waals surface area contributed by atoms with Crippen LogP contribution in [0.2, 0.25) is 0 Å². The Morgan fingerprint density at radius 3 is 2.31 bits per heavy atom. The van der Waals surface area contributed by atoms with Crippen molar-refractivity contribution >= 4 is 23.5 Å². The first-order chi connectivity index (χ1) is 6.38. The minimum absolute atomic E-state index is 0.00292. The quantitative estimate of drug-likeness (QED) is 0.731. The third kappa shape index (κ3) is 2.57. The van der Waals surface area contributed by atoms with Gasteiger partial charge in [-0.3, -0.25) is 0 Å². The Hall–Kier alpha value is 0.660. The monoisotopic (exact) mass is 218 g/mol. The molecule has 1 saturated heterocycles. The van der Waals surface area contributed by atoms with E-state index >= 15 is 0 Å². The normalized spacial score (nSPS) is 37.6. The summed E-state index contributed by atoms with van der Waals surface area (Å²) >= 11 is 4.15. The molecule has 2 rings (SSSR count). The van der Waals surface area contributed by atoms with E-state index in [1.165, 1.54) is 37.2 Å². The predicted octanol–water partition coefficient (Wildman–Crippen LogP) is 2.73. The van der Waals surface area contributed by atoms with Crippen molar-refractivity contribution in [1.29, 1.82) is 0 Å². The zero-order chi connectivity index (χ0) is 9.10. The molecule has 0 amide bonds. The number of hydrogen-bond acceptors (Lipinski definition) is 3. The summed E-state index contributed by atoms with van der Waals surface area (Å²) in [5, 5.41) is 9.89.